The van der Waals surface area contributed by atoms with Crippen LogP contribution in [0, 0.1) is 18.8 Å². The van der Waals surface area contributed by atoms with E-state index in [2.05, 4.69) is 36.5 Å². The smallest absolute Gasteiger partial charge is 0.243 e. The first kappa shape index (κ1) is 25.0. The highest BCUT2D eigenvalue weighted by molar-refractivity contribution is 7.89. The molecule has 2 fully saturated rings. The highest BCUT2D eigenvalue weighted by atomic mass is 32.2. The lowest BCUT2D eigenvalue weighted by Gasteiger charge is -2.30. The number of fused-ring (bicyclic) bond motifs is 1. The van der Waals surface area contributed by atoms with Gasteiger partial charge in [-0.05, 0) is 81.7 Å². The fourth-order valence-corrected chi connectivity index (χ4v) is 6.89. The Morgan fingerprint density at radius 3 is 2.33 bits per heavy atom. The predicted molar refractivity (Wildman–Crippen MR) is 139 cm³/mol. The molecule has 0 radical (unpaired) electrons. The molecule has 2 aromatic rings. The maximum atomic E-state index is 13.4. The summed E-state index contributed by atoms with van der Waals surface area (Å²) in [6.45, 7) is 5.31. The topological polar surface area (TPSA) is 86.8 Å². The number of sulfonamides is 1. The van der Waals surface area contributed by atoms with Crippen molar-refractivity contribution in [2.45, 2.75) is 63.3 Å². The number of nitrogens with zero attached hydrogens (tertiary/aromatic N) is 2. The second-order valence-electron chi connectivity index (χ2n) is 10.5. The normalized spacial score (nSPS) is 20.8. The molecule has 1 saturated heterocycles. The molecule has 1 N–H and O–H groups in total. The van der Waals surface area contributed by atoms with Crippen molar-refractivity contribution >= 4 is 27.5 Å². The average Bonchev–Trinajstić information content (AvgIpc) is 3.67. The zero-order valence-corrected chi connectivity index (χ0v) is 21.9. The number of rotatable bonds is 7. The number of amides is 2. The first-order chi connectivity index (χ1) is 17.2. The number of piperidine rings is 1. The summed E-state index contributed by atoms with van der Waals surface area (Å²) in [6, 6.07) is 13.5. The van der Waals surface area contributed by atoms with E-state index in [1.165, 1.54) is 15.4 Å². The minimum absolute atomic E-state index is 0.00565. The van der Waals surface area contributed by atoms with Crippen LogP contribution < -0.4 is 10.2 Å². The molecular weight excluding hydrogens is 474 g/mol. The second-order valence-corrected chi connectivity index (χ2v) is 12.5. The maximum absolute atomic E-state index is 13.4. The van der Waals surface area contributed by atoms with Gasteiger partial charge in [0.25, 0.3) is 0 Å². The first-order valence-electron chi connectivity index (χ1n) is 13.0. The molecule has 1 aliphatic carbocycles. The molecule has 1 atom stereocenters. The molecule has 1 unspecified atom stereocenters. The van der Waals surface area contributed by atoms with Gasteiger partial charge < -0.3 is 10.2 Å². The molecule has 2 aromatic carbocycles. The van der Waals surface area contributed by atoms with Crippen molar-refractivity contribution in [3.63, 3.8) is 0 Å². The van der Waals surface area contributed by atoms with Gasteiger partial charge in [0.05, 0.1) is 4.90 Å². The highest BCUT2D eigenvalue weighted by Gasteiger charge is 2.40. The molecule has 1 saturated carbocycles. The Morgan fingerprint density at radius 1 is 0.972 bits per heavy atom. The van der Waals surface area contributed by atoms with Gasteiger partial charge in [-0.1, -0.05) is 29.8 Å². The van der Waals surface area contributed by atoms with Crippen molar-refractivity contribution in [1.29, 1.82) is 0 Å². The number of aryl methyl sites for hydroxylation is 1. The lowest BCUT2D eigenvalue weighted by Crippen LogP contribution is -2.43. The Morgan fingerprint density at radius 2 is 1.67 bits per heavy atom. The van der Waals surface area contributed by atoms with Crippen molar-refractivity contribution in [2.75, 3.05) is 24.5 Å². The summed E-state index contributed by atoms with van der Waals surface area (Å²) >= 11 is 0. The summed E-state index contributed by atoms with van der Waals surface area (Å²) in [5, 5.41) is 3.02. The Balaban J connectivity index is 1.17. The quantitative estimate of drug-likeness (QED) is 0.620. The van der Waals surface area contributed by atoms with Gasteiger partial charge in [0.1, 0.15) is 0 Å². The number of nitrogens with one attached hydrogen (secondary N) is 1. The number of carbonyl (C=O) groups is 2. The fourth-order valence-electron chi connectivity index (χ4n) is 5.37. The number of anilines is 1. The van der Waals surface area contributed by atoms with E-state index in [1.54, 1.807) is 18.2 Å². The van der Waals surface area contributed by atoms with Crippen LogP contribution in [0.15, 0.2) is 47.4 Å². The van der Waals surface area contributed by atoms with Crippen LogP contribution in [0.3, 0.4) is 0 Å². The van der Waals surface area contributed by atoms with Crippen molar-refractivity contribution < 1.29 is 18.0 Å². The van der Waals surface area contributed by atoms with Crippen LogP contribution in [-0.4, -0.2) is 50.2 Å². The van der Waals surface area contributed by atoms with Crippen molar-refractivity contribution in [1.82, 2.24) is 9.62 Å². The Labute approximate surface area is 213 Å². The van der Waals surface area contributed by atoms with Gasteiger partial charge >= 0.3 is 0 Å². The molecule has 0 bridgehead atoms. The van der Waals surface area contributed by atoms with E-state index in [9.17, 15) is 18.0 Å². The number of benzene rings is 2. The second kappa shape index (κ2) is 9.98. The van der Waals surface area contributed by atoms with Gasteiger partial charge in [0.15, 0.2) is 0 Å². The minimum Gasteiger partial charge on any atom is -0.356 e. The zero-order chi connectivity index (χ0) is 25.4. The summed E-state index contributed by atoms with van der Waals surface area (Å²) in [5.74, 6) is 0.127. The standard InChI is InChI=1S/C28H35N3O4S/c1-19-3-5-21(6-4-19)11-14-29-27(32)22-12-15-30(16-13-22)36(34,35)25-9-10-26-24(18-25)17-20(2)31(26)28(33)23-7-8-23/h3-6,9-10,18,20,22-23H,7-8,11-17H2,1-2H3,(H,29,32). The van der Waals surface area contributed by atoms with E-state index < -0.39 is 10.0 Å². The third-order valence-corrected chi connectivity index (χ3v) is 9.62. The Bertz CT molecular complexity index is 1250. The summed E-state index contributed by atoms with van der Waals surface area (Å²) < 4.78 is 28.2. The summed E-state index contributed by atoms with van der Waals surface area (Å²) in [4.78, 5) is 27.5. The molecule has 5 rings (SSSR count). The van der Waals surface area contributed by atoms with Crippen LogP contribution >= 0.6 is 0 Å². The van der Waals surface area contributed by atoms with Gasteiger partial charge in [-0.25, -0.2) is 8.42 Å². The Hall–Kier alpha value is -2.71. The van der Waals surface area contributed by atoms with E-state index in [4.69, 9.17) is 0 Å². The number of hydrogen-bond acceptors (Lipinski definition) is 4. The van der Waals surface area contributed by atoms with Gasteiger partial charge in [-0.2, -0.15) is 4.31 Å². The maximum Gasteiger partial charge on any atom is 0.243 e. The largest absolute Gasteiger partial charge is 0.356 e. The van der Waals surface area contributed by atoms with Crippen LogP contribution in [0.1, 0.15) is 49.3 Å². The van der Waals surface area contributed by atoms with E-state index in [0.29, 0.717) is 38.9 Å². The monoisotopic (exact) mass is 509 g/mol. The molecule has 2 amide bonds. The van der Waals surface area contributed by atoms with Crippen LogP contribution in [0.2, 0.25) is 0 Å². The first-order valence-corrected chi connectivity index (χ1v) is 14.5. The predicted octanol–water partition coefficient (Wildman–Crippen LogP) is 3.44. The number of carbonyl (C=O) groups excluding carboxylic acids is 2. The molecule has 192 valence electrons. The van der Waals surface area contributed by atoms with Crippen LogP contribution in [0.4, 0.5) is 5.69 Å². The molecule has 7 nitrogen and oxygen atoms in total. The third kappa shape index (κ3) is 5.06. The van der Waals surface area contributed by atoms with E-state index in [1.807, 2.05) is 11.8 Å². The van der Waals surface area contributed by atoms with Crippen molar-refractivity contribution in [3.05, 3.63) is 59.2 Å². The SMILES string of the molecule is Cc1ccc(CCNC(=O)C2CCN(S(=O)(=O)c3ccc4c(c3)CC(C)N4C(=O)C3CC3)CC2)cc1. The lowest BCUT2D eigenvalue weighted by atomic mass is 9.97. The number of hydrogen-bond donors (Lipinski definition) is 1. The molecule has 36 heavy (non-hydrogen) atoms. The molecule has 8 heteroatoms. The Kier molecular flexibility index (Phi) is 6.92. The zero-order valence-electron chi connectivity index (χ0n) is 21.1. The molecular formula is C28H35N3O4S. The van der Waals surface area contributed by atoms with Crippen LogP contribution in [0.25, 0.3) is 0 Å². The van der Waals surface area contributed by atoms with Gasteiger partial charge in [0.2, 0.25) is 21.8 Å². The molecule has 3 aliphatic rings. The van der Waals surface area contributed by atoms with Gasteiger partial charge in [-0.15, -0.1) is 0 Å². The molecule has 0 spiro atoms. The summed E-state index contributed by atoms with van der Waals surface area (Å²) in [6.07, 6.45) is 4.37. The average molecular weight is 510 g/mol. The van der Waals surface area contributed by atoms with E-state index in [0.717, 1.165) is 30.5 Å². The van der Waals surface area contributed by atoms with Crippen LogP contribution in [0.5, 0.6) is 0 Å². The minimum atomic E-state index is -3.65. The highest BCUT2D eigenvalue weighted by Crippen LogP contribution is 2.40. The van der Waals surface area contributed by atoms with Gasteiger partial charge in [-0.3, -0.25) is 9.59 Å². The fraction of sp³-hybridized carbons (Fsp3) is 0.500. The van der Waals surface area contributed by atoms with Crippen molar-refractivity contribution in [3.8, 4) is 0 Å². The lowest BCUT2D eigenvalue weighted by molar-refractivity contribution is -0.126. The summed E-state index contributed by atoms with van der Waals surface area (Å²) in [7, 11) is -3.65. The van der Waals surface area contributed by atoms with Gasteiger partial charge in [0, 0.05) is 43.2 Å². The molecule has 0 aromatic heterocycles. The third-order valence-electron chi connectivity index (χ3n) is 7.73. The van der Waals surface area contributed by atoms with E-state index >= 15 is 0 Å². The molecule has 2 aliphatic heterocycles. The summed E-state index contributed by atoms with van der Waals surface area (Å²) in [5.41, 5.74) is 4.16. The molecule has 2 heterocycles. The van der Waals surface area contributed by atoms with Crippen molar-refractivity contribution in [2.24, 2.45) is 11.8 Å². The van der Waals surface area contributed by atoms with Crippen LogP contribution in [-0.2, 0) is 32.5 Å². The van der Waals surface area contributed by atoms with E-state index in [-0.39, 0.29) is 34.6 Å².